The maximum absolute atomic E-state index is 12.4. The van der Waals surface area contributed by atoms with Crippen LogP contribution in [0.5, 0.6) is 11.5 Å². The number of carbonyl (C=O) groups is 1. The van der Waals surface area contributed by atoms with E-state index in [0.29, 0.717) is 30.2 Å². The third-order valence-corrected chi connectivity index (χ3v) is 4.53. The van der Waals surface area contributed by atoms with Crippen LogP contribution in [-0.2, 0) is 0 Å². The maximum Gasteiger partial charge on any atom is 0.255 e. The van der Waals surface area contributed by atoms with E-state index in [4.69, 9.17) is 9.47 Å². The summed E-state index contributed by atoms with van der Waals surface area (Å²) in [4.78, 5) is 16.7. The molecular weight excluding hydrogens is 366 g/mol. The number of pyridine rings is 1. The molecule has 0 atom stereocenters. The molecule has 1 aromatic heterocycles. The van der Waals surface area contributed by atoms with E-state index in [9.17, 15) is 4.79 Å². The highest BCUT2D eigenvalue weighted by atomic mass is 16.5. The monoisotopic (exact) mass is 391 g/mol. The topological polar surface area (TPSA) is 72.5 Å². The fraction of sp³-hybridized carbons (Fsp3) is 0.217. The van der Waals surface area contributed by atoms with E-state index in [1.807, 2.05) is 68.4 Å². The zero-order valence-corrected chi connectivity index (χ0v) is 16.9. The molecule has 6 heteroatoms. The Labute approximate surface area is 170 Å². The highest BCUT2D eigenvalue weighted by Crippen LogP contribution is 2.17. The molecule has 0 saturated heterocycles. The number of benzene rings is 2. The van der Waals surface area contributed by atoms with Gasteiger partial charge in [0, 0.05) is 5.56 Å². The minimum Gasteiger partial charge on any atom is -0.497 e. The summed E-state index contributed by atoms with van der Waals surface area (Å²) in [5.74, 6) is 2.14. The van der Waals surface area contributed by atoms with Crippen LogP contribution in [-0.4, -0.2) is 31.2 Å². The number of rotatable bonds is 8. The molecule has 0 saturated carbocycles. The first kappa shape index (κ1) is 20.2. The summed E-state index contributed by atoms with van der Waals surface area (Å²) in [5, 5.41) is 6.06. The highest BCUT2D eigenvalue weighted by molar-refractivity contribution is 6.04. The summed E-state index contributed by atoms with van der Waals surface area (Å²) in [6.45, 7) is 5.12. The number of anilines is 2. The van der Waals surface area contributed by atoms with Gasteiger partial charge in [0.1, 0.15) is 23.9 Å². The molecule has 150 valence electrons. The van der Waals surface area contributed by atoms with Gasteiger partial charge in [0.25, 0.3) is 5.91 Å². The van der Waals surface area contributed by atoms with E-state index in [1.54, 1.807) is 13.3 Å². The first-order valence-corrected chi connectivity index (χ1v) is 9.40. The second-order valence-corrected chi connectivity index (χ2v) is 6.64. The van der Waals surface area contributed by atoms with Crippen molar-refractivity contribution < 1.29 is 14.3 Å². The number of carbonyl (C=O) groups excluding carboxylic acids is 1. The Kier molecular flexibility index (Phi) is 6.68. The summed E-state index contributed by atoms with van der Waals surface area (Å²) in [6, 6.07) is 16.7. The van der Waals surface area contributed by atoms with Gasteiger partial charge in [-0.05, 0) is 73.5 Å². The molecule has 0 aliphatic rings. The predicted molar refractivity (Wildman–Crippen MR) is 115 cm³/mol. The number of nitrogens with zero attached hydrogens (tertiary/aromatic N) is 1. The fourth-order valence-electron chi connectivity index (χ4n) is 2.68. The molecule has 0 bridgehead atoms. The summed E-state index contributed by atoms with van der Waals surface area (Å²) in [5.41, 5.74) is 3.53. The van der Waals surface area contributed by atoms with Crippen LogP contribution < -0.4 is 20.1 Å². The van der Waals surface area contributed by atoms with E-state index >= 15 is 0 Å². The van der Waals surface area contributed by atoms with Gasteiger partial charge in [0.2, 0.25) is 0 Å². The third kappa shape index (κ3) is 5.72. The quantitative estimate of drug-likeness (QED) is 0.555. The zero-order valence-electron chi connectivity index (χ0n) is 16.9. The van der Waals surface area contributed by atoms with Crippen LogP contribution >= 0.6 is 0 Å². The number of aryl methyl sites for hydroxylation is 2. The van der Waals surface area contributed by atoms with Crippen LogP contribution in [0.4, 0.5) is 11.5 Å². The number of ether oxygens (including phenoxy) is 2. The summed E-state index contributed by atoms with van der Waals surface area (Å²) >= 11 is 0. The molecule has 0 radical (unpaired) electrons. The van der Waals surface area contributed by atoms with Gasteiger partial charge < -0.3 is 20.1 Å². The van der Waals surface area contributed by atoms with E-state index in [-0.39, 0.29) is 5.91 Å². The summed E-state index contributed by atoms with van der Waals surface area (Å²) in [6.07, 6.45) is 1.63. The van der Waals surface area contributed by atoms with Gasteiger partial charge in [-0.3, -0.25) is 4.79 Å². The van der Waals surface area contributed by atoms with Gasteiger partial charge in [-0.25, -0.2) is 4.98 Å². The lowest BCUT2D eigenvalue weighted by Gasteiger charge is -2.10. The molecule has 2 N–H and O–H groups in total. The largest absolute Gasteiger partial charge is 0.497 e. The first-order valence-electron chi connectivity index (χ1n) is 9.40. The van der Waals surface area contributed by atoms with Gasteiger partial charge in [-0.2, -0.15) is 0 Å². The number of amides is 1. The van der Waals surface area contributed by atoms with Crippen molar-refractivity contribution in [3.05, 3.63) is 77.5 Å². The number of hydrogen-bond acceptors (Lipinski definition) is 5. The highest BCUT2D eigenvalue weighted by Gasteiger charge is 2.07. The summed E-state index contributed by atoms with van der Waals surface area (Å²) in [7, 11) is 1.63. The number of aromatic nitrogens is 1. The molecule has 29 heavy (non-hydrogen) atoms. The van der Waals surface area contributed by atoms with Gasteiger partial charge in [0.15, 0.2) is 0 Å². The molecular formula is C23H25N3O3. The average molecular weight is 391 g/mol. The SMILES string of the molecule is COc1ccc(OCCNc2ccc(NC(=O)c3ccc(C)c(C)c3)cn2)cc1. The van der Waals surface area contributed by atoms with Crippen molar-refractivity contribution in [1.29, 1.82) is 0 Å². The molecule has 6 nitrogen and oxygen atoms in total. The smallest absolute Gasteiger partial charge is 0.255 e. The van der Waals surface area contributed by atoms with Gasteiger partial charge >= 0.3 is 0 Å². The van der Waals surface area contributed by atoms with E-state index < -0.39 is 0 Å². The normalized spacial score (nSPS) is 10.3. The predicted octanol–water partition coefficient (Wildman–Crippen LogP) is 4.45. The van der Waals surface area contributed by atoms with Crippen molar-refractivity contribution in [1.82, 2.24) is 4.98 Å². The molecule has 0 unspecified atom stereocenters. The number of nitrogens with one attached hydrogen (secondary N) is 2. The van der Waals surface area contributed by atoms with Crippen LogP contribution in [0.2, 0.25) is 0 Å². The Hall–Kier alpha value is -3.54. The van der Waals surface area contributed by atoms with Gasteiger partial charge in [-0.1, -0.05) is 6.07 Å². The Morgan fingerprint density at radius 2 is 1.72 bits per heavy atom. The van der Waals surface area contributed by atoms with Crippen LogP contribution in [0.1, 0.15) is 21.5 Å². The lowest BCUT2D eigenvalue weighted by atomic mass is 10.1. The van der Waals surface area contributed by atoms with Gasteiger partial charge in [-0.15, -0.1) is 0 Å². The minimum atomic E-state index is -0.150. The Balaban J connectivity index is 1.45. The van der Waals surface area contributed by atoms with Crippen molar-refractivity contribution in [3.63, 3.8) is 0 Å². The van der Waals surface area contributed by atoms with Crippen molar-refractivity contribution in [2.75, 3.05) is 30.9 Å². The van der Waals surface area contributed by atoms with Crippen molar-refractivity contribution in [2.45, 2.75) is 13.8 Å². The van der Waals surface area contributed by atoms with Crippen molar-refractivity contribution in [2.24, 2.45) is 0 Å². The molecule has 3 aromatic rings. The summed E-state index contributed by atoms with van der Waals surface area (Å²) < 4.78 is 10.8. The molecule has 0 fully saturated rings. The molecule has 3 rings (SSSR count). The molecule has 2 aromatic carbocycles. The lowest BCUT2D eigenvalue weighted by molar-refractivity contribution is 0.102. The second kappa shape index (κ2) is 9.59. The Morgan fingerprint density at radius 3 is 2.38 bits per heavy atom. The zero-order chi connectivity index (χ0) is 20.6. The number of methoxy groups -OCH3 is 1. The van der Waals surface area contributed by atoms with E-state index in [1.165, 1.54) is 0 Å². The molecule has 0 aliphatic carbocycles. The van der Waals surface area contributed by atoms with Crippen LogP contribution in [0.3, 0.4) is 0 Å². The molecule has 1 heterocycles. The molecule has 0 spiro atoms. The average Bonchev–Trinajstić information content (AvgIpc) is 2.74. The third-order valence-electron chi connectivity index (χ3n) is 4.53. The lowest BCUT2D eigenvalue weighted by Crippen LogP contribution is -2.14. The van der Waals surface area contributed by atoms with E-state index in [2.05, 4.69) is 15.6 Å². The standard InChI is InChI=1S/C23H25N3O3/c1-16-4-5-18(14-17(16)2)23(27)26-19-6-11-22(25-15-19)24-12-13-29-21-9-7-20(28-3)8-10-21/h4-11,14-15H,12-13H2,1-3H3,(H,24,25)(H,26,27). The fourth-order valence-corrected chi connectivity index (χ4v) is 2.68. The number of hydrogen-bond donors (Lipinski definition) is 2. The van der Waals surface area contributed by atoms with Crippen molar-refractivity contribution in [3.8, 4) is 11.5 Å². The van der Waals surface area contributed by atoms with Crippen molar-refractivity contribution >= 4 is 17.4 Å². The maximum atomic E-state index is 12.4. The molecule has 1 amide bonds. The Bertz CT molecular complexity index is 954. The van der Waals surface area contributed by atoms with Crippen LogP contribution in [0, 0.1) is 13.8 Å². The second-order valence-electron chi connectivity index (χ2n) is 6.64. The first-order chi connectivity index (χ1) is 14.0. The molecule has 0 aliphatic heterocycles. The van der Waals surface area contributed by atoms with Gasteiger partial charge in [0.05, 0.1) is 25.5 Å². The van der Waals surface area contributed by atoms with Crippen LogP contribution in [0.25, 0.3) is 0 Å². The van der Waals surface area contributed by atoms with E-state index in [0.717, 1.165) is 22.6 Å². The minimum absolute atomic E-state index is 0.150. The van der Waals surface area contributed by atoms with Crippen LogP contribution in [0.15, 0.2) is 60.8 Å². The Morgan fingerprint density at radius 1 is 0.966 bits per heavy atom.